The van der Waals surface area contributed by atoms with Gasteiger partial charge >= 0.3 is 0 Å². The van der Waals surface area contributed by atoms with Crippen molar-refractivity contribution in [2.45, 2.75) is 19.9 Å². The Bertz CT molecular complexity index is 923. The zero-order chi connectivity index (χ0) is 18.1. The van der Waals surface area contributed by atoms with Crippen LogP contribution in [0.4, 0.5) is 5.82 Å². The summed E-state index contributed by atoms with van der Waals surface area (Å²) < 4.78 is 1.92. The van der Waals surface area contributed by atoms with Gasteiger partial charge in [0, 0.05) is 44.0 Å². The van der Waals surface area contributed by atoms with E-state index in [-0.39, 0.29) is 11.9 Å². The molecular weight excluding hydrogens is 328 g/mol. The number of rotatable bonds is 3. The summed E-state index contributed by atoms with van der Waals surface area (Å²) in [6.45, 7) is 6.76. The molecule has 2 aromatic heterocycles. The fourth-order valence-corrected chi connectivity index (χ4v) is 3.56. The number of benzene rings is 1. The second kappa shape index (κ2) is 6.74. The predicted octanol–water partition coefficient (Wildman–Crippen LogP) is 2.04. The van der Waals surface area contributed by atoms with Crippen molar-refractivity contribution in [1.29, 1.82) is 0 Å². The Morgan fingerprint density at radius 1 is 1.08 bits per heavy atom. The lowest BCUT2D eigenvalue weighted by Gasteiger charge is -2.37. The van der Waals surface area contributed by atoms with Crippen LogP contribution in [-0.4, -0.2) is 56.5 Å². The Morgan fingerprint density at radius 2 is 1.85 bits per heavy atom. The van der Waals surface area contributed by atoms with Gasteiger partial charge in [-0.15, -0.1) is 0 Å². The van der Waals surface area contributed by atoms with Crippen LogP contribution in [0, 0.1) is 6.92 Å². The van der Waals surface area contributed by atoms with Crippen molar-refractivity contribution in [3.05, 3.63) is 48.8 Å². The molecular formula is C19H22N6O. The molecule has 0 aliphatic carbocycles. The van der Waals surface area contributed by atoms with Crippen molar-refractivity contribution in [3.63, 3.8) is 0 Å². The van der Waals surface area contributed by atoms with Crippen molar-refractivity contribution >= 4 is 22.6 Å². The van der Waals surface area contributed by atoms with Gasteiger partial charge < -0.3 is 14.4 Å². The van der Waals surface area contributed by atoms with Gasteiger partial charge in [-0.25, -0.2) is 15.0 Å². The third-order valence-electron chi connectivity index (χ3n) is 5.05. The minimum Gasteiger partial charge on any atom is -0.352 e. The summed E-state index contributed by atoms with van der Waals surface area (Å²) in [5.74, 6) is 1.94. The number of carbonyl (C=O) groups is 1. The van der Waals surface area contributed by atoms with E-state index in [1.165, 1.54) is 0 Å². The van der Waals surface area contributed by atoms with E-state index in [2.05, 4.69) is 19.9 Å². The summed E-state index contributed by atoms with van der Waals surface area (Å²) in [5, 5.41) is 1.05. The highest BCUT2D eigenvalue weighted by atomic mass is 16.2. The third-order valence-corrected chi connectivity index (χ3v) is 5.05. The van der Waals surface area contributed by atoms with Gasteiger partial charge in [0.25, 0.3) is 0 Å². The molecule has 7 heteroatoms. The zero-order valence-corrected chi connectivity index (χ0v) is 15.0. The van der Waals surface area contributed by atoms with Crippen LogP contribution < -0.4 is 4.90 Å². The van der Waals surface area contributed by atoms with Crippen LogP contribution in [0.5, 0.6) is 0 Å². The molecule has 1 fully saturated rings. The number of carbonyl (C=O) groups excluding carboxylic acids is 1. The van der Waals surface area contributed by atoms with Gasteiger partial charge in [-0.2, -0.15) is 0 Å². The van der Waals surface area contributed by atoms with Crippen LogP contribution in [0.15, 0.2) is 43.0 Å². The van der Waals surface area contributed by atoms with Crippen molar-refractivity contribution in [2.75, 3.05) is 31.1 Å². The molecule has 4 rings (SSSR count). The molecule has 0 unspecified atom stereocenters. The average molecular weight is 350 g/mol. The van der Waals surface area contributed by atoms with Crippen LogP contribution in [0.2, 0.25) is 0 Å². The molecule has 1 atom stereocenters. The van der Waals surface area contributed by atoms with Crippen LogP contribution in [0.25, 0.3) is 10.9 Å². The highest BCUT2D eigenvalue weighted by molar-refractivity contribution is 5.89. The molecule has 1 saturated heterocycles. The number of hydrogen-bond donors (Lipinski definition) is 0. The molecule has 3 heterocycles. The van der Waals surface area contributed by atoms with Gasteiger partial charge in [0.15, 0.2) is 0 Å². The first-order valence-electron chi connectivity index (χ1n) is 8.88. The first kappa shape index (κ1) is 16.5. The van der Waals surface area contributed by atoms with Gasteiger partial charge in [0.1, 0.15) is 24.0 Å². The predicted molar refractivity (Wildman–Crippen MR) is 100 cm³/mol. The number of aryl methyl sites for hydroxylation is 1. The number of nitrogens with zero attached hydrogens (tertiary/aromatic N) is 6. The molecule has 0 radical (unpaired) electrons. The number of imidazole rings is 1. The first-order chi connectivity index (χ1) is 12.6. The normalized spacial score (nSPS) is 16.1. The number of anilines is 1. The number of para-hydroxylation sites is 1. The molecule has 1 aliphatic heterocycles. The number of hydrogen-bond acceptors (Lipinski definition) is 5. The van der Waals surface area contributed by atoms with E-state index >= 15 is 0 Å². The van der Waals surface area contributed by atoms with Crippen molar-refractivity contribution in [1.82, 2.24) is 24.4 Å². The quantitative estimate of drug-likeness (QED) is 0.723. The van der Waals surface area contributed by atoms with E-state index in [0.29, 0.717) is 13.1 Å². The molecule has 0 N–H and O–H groups in total. The molecule has 1 aliphatic rings. The SMILES string of the molecule is Cc1nccn1[C@@H](C)C(=O)N1CCN(c2ncnc3ccccc23)CC1. The second-order valence-electron chi connectivity index (χ2n) is 6.58. The Labute approximate surface area is 152 Å². The largest absolute Gasteiger partial charge is 0.352 e. The number of amides is 1. The van der Waals surface area contributed by atoms with Crippen molar-refractivity contribution in [3.8, 4) is 0 Å². The molecule has 0 saturated carbocycles. The fourth-order valence-electron chi connectivity index (χ4n) is 3.56. The topological polar surface area (TPSA) is 67.2 Å². The van der Waals surface area contributed by atoms with Crippen LogP contribution in [-0.2, 0) is 4.79 Å². The average Bonchev–Trinajstić information content (AvgIpc) is 3.12. The summed E-state index contributed by atoms with van der Waals surface area (Å²) in [6.07, 6.45) is 5.21. The summed E-state index contributed by atoms with van der Waals surface area (Å²) in [6, 6.07) is 7.80. The Hall–Kier alpha value is -2.96. The lowest BCUT2D eigenvalue weighted by Crippen LogP contribution is -2.50. The number of piperazine rings is 1. The Balaban J connectivity index is 1.47. The standard InChI is InChI=1S/C19H22N6O/c1-14(25-8-7-20-15(25)2)19(26)24-11-9-23(10-12-24)18-16-5-3-4-6-17(16)21-13-22-18/h3-8,13-14H,9-12H2,1-2H3/t14-/m0/s1. The maximum atomic E-state index is 12.8. The smallest absolute Gasteiger partial charge is 0.245 e. The van der Waals surface area contributed by atoms with Gasteiger partial charge in [0.05, 0.1) is 5.52 Å². The molecule has 7 nitrogen and oxygen atoms in total. The molecule has 3 aromatic rings. The van der Waals surface area contributed by atoms with Crippen molar-refractivity contribution in [2.24, 2.45) is 0 Å². The second-order valence-corrected chi connectivity index (χ2v) is 6.58. The molecule has 1 amide bonds. The van der Waals surface area contributed by atoms with Gasteiger partial charge in [-0.3, -0.25) is 4.79 Å². The lowest BCUT2D eigenvalue weighted by atomic mass is 10.2. The number of aromatic nitrogens is 4. The summed E-state index contributed by atoms with van der Waals surface area (Å²) in [7, 11) is 0. The third kappa shape index (κ3) is 2.89. The minimum absolute atomic E-state index is 0.137. The van der Waals surface area contributed by atoms with Crippen LogP contribution in [0.1, 0.15) is 18.8 Å². The molecule has 26 heavy (non-hydrogen) atoms. The molecule has 1 aromatic carbocycles. The fraction of sp³-hybridized carbons (Fsp3) is 0.368. The summed E-state index contributed by atoms with van der Waals surface area (Å²) in [5.41, 5.74) is 0.945. The highest BCUT2D eigenvalue weighted by Crippen LogP contribution is 2.24. The molecule has 0 spiro atoms. The maximum absolute atomic E-state index is 12.8. The van der Waals surface area contributed by atoms with Crippen LogP contribution in [0.3, 0.4) is 0 Å². The first-order valence-corrected chi connectivity index (χ1v) is 8.88. The van der Waals surface area contributed by atoms with E-state index < -0.39 is 0 Å². The highest BCUT2D eigenvalue weighted by Gasteiger charge is 2.27. The summed E-state index contributed by atoms with van der Waals surface area (Å²) in [4.78, 5) is 30.0. The zero-order valence-electron chi connectivity index (χ0n) is 15.0. The minimum atomic E-state index is -0.232. The number of fused-ring (bicyclic) bond motifs is 1. The van der Waals surface area contributed by atoms with Crippen molar-refractivity contribution < 1.29 is 4.79 Å². The van der Waals surface area contributed by atoms with E-state index in [1.807, 2.05) is 53.8 Å². The molecule has 134 valence electrons. The van der Waals surface area contributed by atoms with Gasteiger partial charge in [-0.1, -0.05) is 12.1 Å². The summed E-state index contributed by atoms with van der Waals surface area (Å²) >= 11 is 0. The monoisotopic (exact) mass is 350 g/mol. The van der Waals surface area contributed by atoms with Crippen LogP contribution >= 0.6 is 0 Å². The molecule has 0 bridgehead atoms. The van der Waals surface area contributed by atoms with E-state index in [0.717, 1.165) is 35.6 Å². The lowest BCUT2D eigenvalue weighted by molar-refractivity contribution is -0.134. The Kier molecular flexibility index (Phi) is 4.28. The maximum Gasteiger partial charge on any atom is 0.245 e. The van der Waals surface area contributed by atoms with E-state index in [9.17, 15) is 4.79 Å². The van der Waals surface area contributed by atoms with Gasteiger partial charge in [-0.05, 0) is 26.0 Å². The Morgan fingerprint density at radius 3 is 2.58 bits per heavy atom. The van der Waals surface area contributed by atoms with Gasteiger partial charge in [0.2, 0.25) is 5.91 Å². The van der Waals surface area contributed by atoms with E-state index in [1.54, 1.807) is 12.5 Å². The van der Waals surface area contributed by atoms with E-state index in [4.69, 9.17) is 0 Å².